The Balaban J connectivity index is 1.62. The molecule has 7 nitrogen and oxygen atoms in total. The third kappa shape index (κ3) is 4.58. The van der Waals surface area contributed by atoms with Crippen molar-refractivity contribution < 1.29 is 9.53 Å². The predicted octanol–water partition coefficient (Wildman–Crippen LogP) is 2.39. The number of hydrogen-bond donors (Lipinski definition) is 0. The van der Waals surface area contributed by atoms with Gasteiger partial charge in [0, 0.05) is 18.3 Å². The molecule has 0 spiro atoms. The van der Waals surface area contributed by atoms with Crippen LogP contribution in [0.5, 0.6) is 0 Å². The van der Waals surface area contributed by atoms with Crippen molar-refractivity contribution in [2.24, 2.45) is 0 Å². The molecule has 134 valence electrons. The Morgan fingerprint density at radius 2 is 2.20 bits per heavy atom. The number of para-hydroxylation sites is 1. The third-order valence-electron chi connectivity index (χ3n) is 4.04. The minimum atomic E-state index is 0.0397. The fourth-order valence-electron chi connectivity index (χ4n) is 2.91. The van der Waals surface area contributed by atoms with Crippen LogP contribution in [0.25, 0.3) is 0 Å². The monoisotopic (exact) mass is 361 g/mol. The van der Waals surface area contributed by atoms with Crippen LogP contribution in [0.2, 0.25) is 0 Å². The summed E-state index contributed by atoms with van der Waals surface area (Å²) in [5, 5.41) is 12.5. The number of nitrogens with zero attached hydrogens (tertiary/aromatic N) is 5. The van der Waals surface area contributed by atoms with Gasteiger partial charge in [-0.1, -0.05) is 30.0 Å². The van der Waals surface area contributed by atoms with E-state index in [-0.39, 0.29) is 18.1 Å². The van der Waals surface area contributed by atoms with Crippen LogP contribution >= 0.6 is 11.8 Å². The van der Waals surface area contributed by atoms with Gasteiger partial charge in [0.1, 0.15) is 0 Å². The van der Waals surface area contributed by atoms with E-state index in [1.807, 2.05) is 44.2 Å². The highest BCUT2D eigenvalue weighted by molar-refractivity contribution is 7.99. The molecule has 1 aromatic heterocycles. The fraction of sp³-hybridized carbons (Fsp3) is 0.529. The van der Waals surface area contributed by atoms with Crippen LogP contribution in [0.1, 0.15) is 26.7 Å². The van der Waals surface area contributed by atoms with Crippen molar-refractivity contribution in [3.8, 4) is 0 Å². The number of thioether (sulfide) groups is 1. The van der Waals surface area contributed by atoms with E-state index in [0.29, 0.717) is 17.5 Å². The number of rotatable bonds is 7. The SMILES string of the molecule is CC(C)N(C(=O)CSc1nnnn1CC1CCCO1)c1ccccc1. The van der Waals surface area contributed by atoms with E-state index in [0.717, 1.165) is 25.1 Å². The highest BCUT2D eigenvalue weighted by atomic mass is 32.2. The average Bonchev–Trinajstić information content (AvgIpc) is 3.26. The van der Waals surface area contributed by atoms with Gasteiger partial charge in [-0.3, -0.25) is 4.79 Å². The van der Waals surface area contributed by atoms with Crippen LogP contribution in [-0.2, 0) is 16.1 Å². The van der Waals surface area contributed by atoms with E-state index in [9.17, 15) is 4.79 Å². The van der Waals surface area contributed by atoms with Crippen molar-refractivity contribution in [3.63, 3.8) is 0 Å². The Bertz CT molecular complexity index is 685. The summed E-state index contributed by atoms with van der Waals surface area (Å²) < 4.78 is 7.37. The van der Waals surface area contributed by atoms with Gasteiger partial charge in [-0.05, 0) is 49.2 Å². The van der Waals surface area contributed by atoms with Gasteiger partial charge in [0.15, 0.2) is 0 Å². The molecule has 1 amide bonds. The molecule has 1 atom stereocenters. The summed E-state index contributed by atoms with van der Waals surface area (Å²) in [6.07, 6.45) is 2.27. The highest BCUT2D eigenvalue weighted by Gasteiger charge is 2.22. The Labute approximate surface area is 151 Å². The van der Waals surface area contributed by atoms with E-state index in [2.05, 4.69) is 15.5 Å². The van der Waals surface area contributed by atoms with Gasteiger partial charge in [-0.15, -0.1) is 5.10 Å². The zero-order valence-corrected chi connectivity index (χ0v) is 15.4. The number of tetrazole rings is 1. The smallest absolute Gasteiger partial charge is 0.237 e. The summed E-state index contributed by atoms with van der Waals surface area (Å²) in [6, 6.07) is 9.80. The quantitative estimate of drug-likeness (QED) is 0.705. The van der Waals surface area contributed by atoms with Crippen molar-refractivity contribution in [2.45, 2.75) is 50.5 Å². The molecule has 0 radical (unpaired) electrons. The molecule has 1 aliphatic rings. The lowest BCUT2D eigenvalue weighted by molar-refractivity contribution is -0.116. The molecule has 3 rings (SSSR count). The van der Waals surface area contributed by atoms with Gasteiger partial charge in [0.05, 0.1) is 18.4 Å². The minimum absolute atomic E-state index is 0.0397. The molecule has 0 N–H and O–H groups in total. The molecule has 0 bridgehead atoms. The standard InChI is InChI=1S/C17H23N5O2S/c1-13(2)22(14-7-4-3-5-8-14)16(23)12-25-17-18-19-20-21(17)11-15-9-6-10-24-15/h3-5,7-8,13,15H,6,9-12H2,1-2H3. The maximum absolute atomic E-state index is 12.7. The molecule has 25 heavy (non-hydrogen) atoms. The second kappa shape index (κ2) is 8.44. The number of aromatic nitrogens is 4. The van der Waals surface area contributed by atoms with Crippen molar-refractivity contribution in [2.75, 3.05) is 17.3 Å². The minimum Gasteiger partial charge on any atom is -0.376 e. The summed E-state index contributed by atoms with van der Waals surface area (Å²) in [5.74, 6) is 0.330. The molecule has 1 saturated heterocycles. The number of carbonyl (C=O) groups excluding carboxylic acids is 1. The molecule has 1 fully saturated rings. The van der Waals surface area contributed by atoms with Gasteiger partial charge < -0.3 is 9.64 Å². The van der Waals surface area contributed by atoms with Crippen molar-refractivity contribution >= 4 is 23.4 Å². The number of ether oxygens (including phenoxy) is 1. The summed E-state index contributed by atoms with van der Waals surface area (Å²) in [5.41, 5.74) is 0.905. The van der Waals surface area contributed by atoms with Crippen LogP contribution in [0, 0.1) is 0 Å². The summed E-state index contributed by atoms with van der Waals surface area (Å²) in [7, 11) is 0. The number of hydrogen-bond acceptors (Lipinski definition) is 6. The Kier molecular flexibility index (Phi) is 6.04. The molecule has 2 aromatic rings. The molecule has 1 unspecified atom stereocenters. The molecule has 0 aliphatic carbocycles. The second-order valence-corrected chi connectivity index (χ2v) is 7.20. The van der Waals surface area contributed by atoms with Crippen molar-refractivity contribution in [1.82, 2.24) is 20.2 Å². The van der Waals surface area contributed by atoms with Crippen LogP contribution in [0.3, 0.4) is 0 Å². The average molecular weight is 361 g/mol. The number of benzene rings is 1. The Hall–Kier alpha value is -1.93. The lowest BCUT2D eigenvalue weighted by atomic mass is 10.2. The highest BCUT2D eigenvalue weighted by Crippen LogP contribution is 2.22. The third-order valence-corrected chi connectivity index (χ3v) is 4.99. The van der Waals surface area contributed by atoms with E-state index in [1.54, 1.807) is 9.58 Å². The number of anilines is 1. The van der Waals surface area contributed by atoms with E-state index >= 15 is 0 Å². The molecule has 0 saturated carbocycles. The normalized spacial score (nSPS) is 17.2. The van der Waals surface area contributed by atoms with Crippen LogP contribution < -0.4 is 4.90 Å². The van der Waals surface area contributed by atoms with Gasteiger partial charge in [-0.2, -0.15) is 0 Å². The van der Waals surface area contributed by atoms with E-state index < -0.39 is 0 Å². The lowest BCUT2D eigenvalue weighted by Crippen LogP contribution is -2.38. The van der Waals surface area contributed by atoms with Gasteiger partial charge in [0.25, 0.3) is 0 Å². The predicted molar refractivity (Wildman–Crippen MR) is 96.6 cm³/mol. The second-order valence-electron chi connectivity index (χ2n) is 6.26. The van der Waals surface area contributed by atoms with Gasteiger partial charge in [0.2, 0.25) is 11.1 Å². The summed E-state index contributed by atoms with van der Waals surface area (Å²) in [6.45, 7) is 5.46. The van der Waals surface area contributed by atoms with E-state index in [1.165, 1.54) is 11.8 Å². The van der Waals surface area contributed by atoms with Crippen LogP contribution in [0.4, 0.5) is 5.69 Å². The van der Waals surface area contributed by atoms with Crippen molar-refractivity contribution in [3.05, 3.63) is 30.3 Å². The summed E-state index contributed by atoms with van der Waals surface area (Å²) >= 11 is 1.37. The first-order valence-electron chi connectivity index (χ1n) is 8.53. The fourth-order valence-corrected chi connectivity index (χ4v) is 3.66. The van der Waals surface area contributed by atoms with Crippen molar-refractivity contribution in [1.29, 1.82) is 0 Å². The topological polar surface area (TPSA) is 73.1 Å². The first-order chi connectivity index (χ1) is 12.1. The lowest BCUT2D eigenvalue weighted by Gasteiger charge is -2.26. The maximum Gasteiger partial charge on any atom is 0.237 e. The zero-order chi connectivity index (χ0) is 17.6. The molecular weight excluding hydrogens is 338 g/mol. The summed E-state index contributed by atoms with van der Waals surface area (Å²) in [4.78, 5) is 14.5. The van der Waals surface area contributed by atoms with Crippen LogP contribution in [0.15, 0.2) is 35.5 Å². The van der Waals surface area contributed by atoms with Gasteiger partial charge >= 0.3 is 0 Å². The van der Waals surface area contributed by atoms with E-state index in [4.69, 9.17) is 4.74 Å². The zero-order valence-electron chi connectivity index (χ0n) is 14.5. The van der Waals surface area contributed by atoms with Crippen LogP contribution in [-0.4, -0.2) is 50.6 Å². The number of carbonyl (C=O) groups is 1. The molecule has 1 aliphatic heterocycles. The maximum atomic E-state index is 12.7. The molecule has 1 aromatic carbocycles. The largest absolute Gasteiger partial charge is 0.376 e. The molecular formula is C17H23N5O2S. The molecule has 2 heterocycles. The first-order valence-corrected chi connectivity index (χ1v) is 9.51. The Morgan fingerprint density at radius 3 is 2.88 bits per heavy atom. The number of amides is 1. The Morgan fingerprint density at radius 1 is 1.40 bits per heavy atom. The molecule has 8 heteroatoms. The first kappa shape index (κ1) is 17.9. The van der Waals surface area contributed by atoms with Gasteiger partial charge in [-0.25, -0.2) is 4.68 Å².